The lowest BCUT2D eigenvalue weighted by molar-refractivity contribution is 0.102. The molecule has 9 heteroatoms. The molecule has 0 atom stereocenters. The van der Waals surface area contributed by atoms with Gasteiger partial charge in [0.1, 0.15) is 5.75 Å². The quantitative estimate of drug-likeness (QED) is 0.376. The van der Waals surface area contributed by atoms with Crippen LogP contribution in [0.3, 0.4) is 0 Å². The zero-order chi connectivity index (χ0) is 23.4. The van der Waals surface area contributed by atoms with E-state index in [4.69, 9.17) is 4.74 Å². The van der Waals surface area contributed by atoms with Crippen molar-refractivity contribution in [2.75, 3.05) is 17.1 Å². The first-order valence-corrected chi connectivity index (χ1v) is 11.5. The first-order valence-electron chi connectivity index (χ1n) is 10.1. The lowest BCUT2D eigenvalue weighted by Crippen LogP contribution is -2.15. The van der Waals surface area contributed by atoms with E-state index in [1.807, 2.05) is 43.3 Å². The van der Waals surface area contributed by atoms with Gasteiger partial charge in [-0.3, -0.25) is 14.6 Å². The average molecular weight is 463 g/mol. The smallest absolute Gasteiger partial charge is 0.261 e. The van der Waals surface area contributed by atoms with Crippen LogP contribution < -0.4 is 14.8 Å². The number of rotatable bonds is 7. The number of aromatic amines is 1. The highest BCUT2D eigenvalue weighted by molar-refractivity contribution is 7.92. The van der Waals surface area contributed by atoms with Crippen molar-refractivity contribution in [3.63, 3.8) is 0 Å². The van der Waals surface area contributed by atoms with Crippen molar-refractivity contribution >= 4 is 27.4 Å². The van der Waals surface area contributed by atoms with E-state index >= 15 is 0 Å². The summed E-state index contributed by atoms with van der Waals surface area (Å²) in [6, 6.07) is 21.8. The number of hydrogen-bond acceptors (Lipinski definition) is 5. The summed E-state index contributed by atoms with van der Waals surface area (Å²) >= 11 is 0. The molecule has 168 valence electrons. The summed E-state index contributed by atoms with van der Waals surface area (Å²) in [6.07, 6.45) is 0. The standard InChI is InChI=1S/C24H22N4O4S/c1-16-7-11-18(12-8-16)28-33(30,31)19-13-9-17(10-14-19)24(29)25-23-15-21(26-27-23)20-5-3-4-6-22(20)32-2/h3-15,28H,1-2H3,(H2,25,26,27,29). The number of benzene rings is 3. The lowest BCUT2D eigenvalue weighted by atomic mass is 10.1. The van der Waals surface area contributed by atoms with Crippen LogP contribution in [0.5, 0.6) is 5.75 Å². The third kappa shape index (κ3) is 5.04. The Morgan fingerprint density at radius 1 is 0.970 bits per heavy atom. The maximum absolute atomic E-state index is 12.6. The van der Waals surface area contributed by atoms with Crippen molar-refractivity contribution in [3.8, 4) is 17.0 Å². The second kappa shape index (κ2) is 9.17. The number of ether oxygens (including phenoxy) is 1. The van der Waals surface area contributed by atoms with Crippen molar-refractivity contribution in [2.24, 2.45) is 0 Å². The second-order valence-electron chi connectivity index (χ2n) is 7.32. The van der Waals surface area contributed by atoms with Crippen LogP contribution in [0.15, 0.2) is 83.8 Å². The van der Waals surface area contributed by atoms with Crippen LogP contribution in [-0.2, 0) is 10.0 Å². The van der Waals surface area contributed by atoms with Gasteiger partial charge in [-0.1, -0.05) is 29.8 Å². The van der Waals surface area contributed by atoms with Gasteiger partial charge in [0.15, 0.2) is 5.82 Å². The number of aromatic nitrogens is 2. The normalized spacial score (nSPS) is 11.1. The second-order valence-corrected chi connectivity index (χ2v) is 9.00. The minimum atomic E-state index is -3.77. The van der Waals surface area contributed by atoms with Gasteiger partial charge in [0.2, 0.25) is 0 Å². The Hall–Kier alpha value is -4.11. The number of amides is 1. The minimum absolute atomic E-state index is 0.0536. The van der Waals surface area contributed by atoms with Crippen LogP contribution >= 0.6 is 0 Å². The maximum Gasteiger partial charge on any atom is 0.261 e. The number of nitrogens with zero attached hydrogens (tertiary/aromatic N) is 1. The largest absolute Gasteiger partial charge is 0.496 e. The minimum Gasteiger partial charge on any atom is -0.496 e. The van der Waals surface area contributed by atoms with Crippen LogP contribution in [0.4, 0.5) is 11.5 Å². The van der Waals surface area contributed by atoms with E-state index in [1.54, 1.807) is 25.3 Å². The molecule has 0 spiro atoms. The Kier molecular flexibility index (Phi) is 6.14. The molecule has 0 radical (unpaired) electrons. The summed E-state index contributed by atoms with van der Waals surface area (Å²) in [5, 5.41) is 9.70. The summed E-state index contributed by atoms with van der Waals surface area (Å²) in [5.41, 5.74) is 3.29. The molecule has 0 bridgehead atoms. The molecule has 0 fully saturated rings. The molecular formula is C24H22N4O4S. The Labute approximate surface area is 191 Å². The third-order valence-electron chi connectivity index (χ3n) is 4.95. The highest BCUT2D eigenvalue weighted by atomic mass is 32.2. The Morgan fingerprint density at radius 2 is 1.67 bits per heavy atom. The van der Waals surface area contributed by atoms with Gasteiger partial charge in [-0.15, -0.1) is 0 Å². The summed E-state index contributed by atoms with van der Waals surface area (Å²) in [6.45, 7) is 1.92. The molecule has 0 aliphatic carbocycles. The number of carbonyl (C=O) groups excluding carboxylic acids is 1. The molecule has 3 N–H and O–H groups in total. The number of nitrogens with one attached hydrogen (secondary N) is 3. The summed E-state index contributed by atoms with van der Waals surface area (Å²) in [4.78, 5) is 12.7. The van der Waals surface area contributed by atoms with Gasteiger partial charge in [0, 0.05) is 22.9 Å². The van der Waals surface area contributed by atoms with Crippen LogP contribution in [-0.4, -0.2) is 31.6 Å². The number of para-hydroxylation sites is 1. The molecule has 4 aromatic rings. The molecule has 1 aromatic heterocycles. The summed E-state index contributed by atoms with van der Waals surface area (Å²) in [7, 11) is -2.19. The van der Waals surface area contributed by atoms with Crippen LogP contribution in [0.2, 0.25) is 0 Å². The Morgan fingerprint density at radius 3 is 2.36 bits per heavy atom. The maximum atomic E-state index is 12.6. The van der Waals surface area contributed by atoms with Crippen molar-refractivity contribution < 1.29 is 17.9 Å². The van der Waals surface area contributed by atoms with E-state index in [0.717, 1.165) is 11.1 Å². The fourth-order valence-electron chi connectivity index (χ4n) is 3.20. The number of methoxy groups -OCH3 is 1. The number of anilines is 2. The van der Waals surface area contributed by atoms with Crippen LogP contribution in [0.25, 0.3) is 11.3 Å². The highest BCUT2D eigenvalue weighted by Crippen LogP contribution is 2.29. The third-order valence-corrected chi connectivity index (χ3v) is 6.34. The molecule has 0 saturated carbocycles. The van der Waals surface area contributed by atoms with Crippen LogP contribution in [0.1, 0.15) is 15.9 Å². The molecule has 0 unspecified atom stereocenters. The zero-order valence-corrected chi connectivity index (χ0v) is 18.8. The molecular weight excluding hydrogens is 440 g/mol. The fraction of sp³-hybridized carbons (Fsp3) is 0.0833. The molecule has 8 nitrogen and oxygen atoms in total. The predicted molar refractivity (Wildman–Crippen MR) is 127 cm³/mol. The lowest BCUT2D eigenvalue weighted by Gasteiger charge is -2.09. The zero-order valence-electron chi connectivity index (χ0n) is 18.0. The number of carbonyl (C=O) groups is 1. The molecule has 0 saturated heterocycles. The number of hydrogen-bond donors (Lipinski definition) is 3. The van der Waals surface area contributed by atoms with E-state index in [-0.39, 0.29) is 4.90 Å². The number of aryl methyl sites for hydroxylation is 1. The fourth-order valence-corrected chi connectivity index (χ4v) is 4.26. The van der Waals surface area contributed by atoms with Crippen molar-refractivity contribution in [1.82, 2.24) is 10.2 Å². The molecule has 1 heterocycles. The first kappa shape index (κ1) is 22.1. The van der Waals surface area contributed by atoms with Gasteiger partial charge in [-0.25, -0.2) is 8.42 Å². The van der Waals surface area contributed by atoms with E-state index in [0.29, 0.717) is 28.5 Å². The van der Waals surface area contributed by atoms with Crippen molar-refractivity contribution in [1.29, 1.82) is 0 Å². The van der Waals surface area contributed by atoms with E-state index in [1.165, 1.54) is 24.3 Å². The van der Waals surface area contributed by atoms with Gasteiger partial charge < -0.3 is 10.1 Å². The van der Waals surface area contributed by atoms with E-state index in [2.05, 4.69) is 20.2 Å². The Balaban J connectivity index is 1.46. The van der Waals surface area contributed by atoms with Gasteiger partial charge in [0.05, 0.1) is 17.7 Å². The van der Waals surface area contributed by atoms with Gasteiger partial charge in [-0.05, 0) is 55.5 Å². The molecule has 4 rings (SSSR count). The molecule has 0 aliphatic rings. The van der Waals surface area contributed by atoms with Crippen LogP contribution in [0, 0.1) is 6.92 Å². The SMILES string of the molecule is COc1ccccc1-c1cc(NC(=O)c2ccc(S(=O)(=O)Nc3ccc(C)cc3)cc2)n[nH]1. The van der Waals surface area contributed by atoms with Gasteiger partial charge >= 0.3 is 0 Å². The van der Waals surface area contributed by atoms with E-state index in [9.17, 15) is 13.2 Å². The number of sulfonamides is 1. The first-order chi connectivity index (χ1) is 15.9. The van der Waals surface area contributed by atoms with Gasteiger partial charge in [-0.2, -0.15) is 5.10 Å². The van der Waals surface area contributed by atoms with Crippen molar-refractivity contribution in [2.45, 2.75) is 11.8 Å². The Bertz CT molecular complexity index is 1380. The monoisotopic (exact) mass is 462 g/mol. The summed E-state index contributed by atoms with van der Waals surface area (Å²) in [5.74, 6) is 0.595. The average Bonchev–Trinajstić information content (AvgIpc) is 3.28. The molecule has 1 amide bonds. The van der Waals surface area contributed by atoms with Gasteiger partial charge in [0.25, 0.3) is 15.9 Å². The van der Waals surface area contributed by atoms with E-state index < -0.39 is 15.9 Å². The summed E-state index contributed by atoms with van der Waals surface area (Å²) < 4.78 is 33.1. The molecule has 3 aromatic carbocycles. The highest BCUT2D eigenvalue weighted by Gasteiger charge is 2.16. The van der Waals surface area contributed by atoms with Crippen molar-refractivity contribution in [3.05, 3.63) is 90.0 Å². The number of H-pyrrole nitrogens is 1. The predicted octanol–water partition coefficient (Wildman–Crippen LogP) is 4.45. The molecule has 0 aliphatic heterocycles. The molecule has 33 heavy (non-hydrogen) atoms. The topological polar surface area (TPSA) is 113 Å².